The fourth-order valence-electron chi connectivity index (χ4n) is 2.13. The van der Waals surface area contributed by atoms with Gasteiger partial charge in [-0.15, -0.1) is 12.4 Å². The summed E-state index contributed by atoms with van der Waals surface area (Å²) >= 11 is 11.9. The molecule has 17 heavy (non-hydrogen) atoms. The minimum absolute atomic E-state index is 0. The minimum atomic E-state index is 0. The van der Waals surface area contributed by atoms with Crippen molar-refractivity contribution in [1.29, 1.82) is 0 Å². The van der Waals surface area contributed by atoms with E-state index in [-0.39, 0.29) is 12.4 Å². The second-order valence-electron chi connectivity index (χ2n) is 4.39. The smallest absolute Gasteiger partial charge is 0.0595 e. The molecule has 2 nitrogen and oxygen atoms in total. The van der Waals surface area contributed by atoms with Gasteiger partial charge in [0, 0.05) is 19.1 Å². The van der Waals surface area contributed by atoms with Gasteiger partial charge in [0.2, 0.25) is 0 Å². The fraction of sp³-hybridized carbons (Fsp3) is 0.500. The lowest BCUT2D eigenvalue weighted by Crippen LogP contribution is -2.42. The molecule has 1 unspecified atom stereocenters. The zero-order valence-corrected chi connectivity index (χ0v) is 11.9. The summed E-state index contributed by atoms with van der Waals surface area (Å²) in [5.41, 5.74) is 7.14. The summed E-state index contributed by atoms with van der Waals surface area (Å²) in [7, 11) is 0. The van der Waals surface area contributed by atoms with Crippen LogP contribution >= 0.6 is 35.6 Å². The summed E-state index contributed by atoms with van der Waals surface area (Å²) in [6.07, 6.45) is 2.32. The van der Waals surface area contributed by atoms with Crippen molar-refractivity contribution in [2.45, 2.75) is 25.4 Å². The number of nitrogens with two attached hydrogens (primary N) is 1. The highest BCUT2D eigenvalue weighted by atomic mass is 35.5. The summed E-state index contributed by atoms with van der Waals surface area (Å²) < 4.78 is 0. The Labute approximate surface area is 118 Å². The van der Waals surface area contributed by atoms with Gasteiger partial charge in [-0.25, -0.2) is 0 Å². The Morgan fingerprint density at radius 3 is 2.71 bits per heavy atom. The molecule has 2 N–H and O–H groups in total. The Kier molecular flexibility index (Phi) is 6.04. The Morgan fingerprint density at radius 1 is 1.29 bits per heavy atom. The third-order valence-corrected chi connectivity index (χ3v) is 3.67. The van der Waals surface area contributed by atoms with Crippen molar-refractivity contribution >= 4 is 35.6 Å². The molecular weight excluding hydrogens is 279 g/mol. The molecule has 1 aliphatic rings. The summed E-state index contributed by atoms with van der Waals surface area (Å²) in [5.74, 6) is 0. The molecule has 1 fully saturated rings. The molecule has 1 aliphatic heterocycles. The average molecular weight is 296 g/mol. The van der Waals surface area contributed by atoms with E-state index in [1.54, 1.807) is 0 Å². The quantitative estimate of drug-likeness (QED) is 0.907. The SMILES string of the molecule is Cl.NC1CCCN(Cc2ccc(Cl)c(Cl)c2)C1. The lowest BCUT2D eigenvalue weighted by Gasteiger charge is -2.30. The van der Waals surface area contributed by atoms with Crippen LogP contribution in [0.1, 0.15) is 18.4 Å². The number of rotatable bonds is 2. The van der Waals surface area contributed by atoms with Gasteiger partial charge in [-0.3, -0.25) is 4.90 Å². The summed E-state index contributed by atoms with van der Waals surface area (Å²) in [6.45, 7) is 3.00. The molecule has 5 heteroatoms. The van der Waals surface area contributed by atoms with Gasteiger partial charge < -0.3 is 5.73 Å². The van der Waals surface area contributed by atoms with Gasteiger partial charge >= 0.3 is 0 Å². The standard InChI is InChI=1S/C12H16Cl2N2.ClH/c13-11-4-3-9(6-12(11)14)7-16-5-1-2-10(15)8-16;/h3-4,6,10H,1-2,5,7-8,15H2;1H. The number of likely N-dealkylation sites (tertiary alicyclic amines) is 1. The minimum Gasteiger partial charge on any atom is -0.327 e. The summed E-state index contributed by atoms with van der Waals surface area (Å²) in [4.78, 5) is 2.37. The van der Waals surface area contributed by atoms with Crippen LogP contribution in [0.2, 0.25) is 10.0 Å². The van der Waals surface area contributed by atoms with E-state index in [0.717, 1.165) is 26.1 Å². The van der Waals surface area contributed by atoms with Crippen LogP contribution in [-0.2, 0) is 6.54 Å². The van der Waals surface area contributed by atoms with Crippen molar-refractivity contribution in [2.24, 2.45) is 5.73 Å². The van der Waals surface area contributed by atoms with Crippen LogP contribution in [0.15, 0.2) is 18.2 Å². The molecule has 96 valence electrons. The van der Waals surface area contributed by atoms with Gasteiger partial charge in [-0.1, -0.05) is 29.3 Å². The molecule has 0 radical (unpaired) electrons. The van der Waals surface area contributed by atoms with Crippen molar-refractivity contribution in [1.82, 2.24) is 4.90 Å². The van der Waals surface area contributed by atoms with Crippen LogP contribution in [0.5, 0.6) is 0 Å². The topological polar surface area (TPSA) is 29.3 Å². The van der Waals surface area contributed by atoms with E-state index in [2.05, 4.69) is 4.90 Å². The van der Waals surface area contributed by atoms with E-state index in [9.17, 15) is 0 Å². The van der Waals surface area contributed by atoms with Gasteiger partial charge in [-0.05, 0) is 37.1 Å². The first-order chi connectivity index (χ1) is 7.65. The molecule has 0 aromatic heterocycles. The molecular formula is C12H17Cl3N2. The van der Waals surface area contributed by atoms with Crippen molar-refractivity contribution < 1.29 is 0 Å². The Hall–Kier alpha value is 0.01000. The molecule has 2 rings (SSSR count). The average Bonchev–Trinajstić information content (AvgIpc) is 2.24. The highest BCUT2D eigenvalue weighted by Gasteiger charge is 2.16. The van der Waals surface area contributed by atoms with E-state index >= 15 is 0 Å². The van der Waals surface area contributed by atoms with E-state index in [1.165, 1.54) is 12.0 Å². The first-order valence-electron chi connectivity index (χ1n) is 5.57. The second kappa shape index (κ2) is 6.81. The van der Waals surface area contributed by atoms with Crippen LogP contribution in [0.3, 0.4) is 0 Å². The van der Waals surface area contributed by atoms with Gasteiger partial charge in [0.25, 0.3) is 0 Å². The molecule has 0 saturated carbocycles. The zero-order valence-electron chi connectivity index (χ0n) is 9.53. The molecule has 1 aromatic carbocycles. The maximum atomic E-state index is 5.99. The van der Waals surface area contributed by atoms with E-state index in [0.29, 0.717) is 16.1 Å². The molecule has 1 heterocycles. The molecule has 0 bridgehead atoms. The van der Waals surface area contributed by atoms with Crippen LogP contribution in [0, 0.1) is 0 Å². The van der Waals surface area contributed by atoms with Gasteiger partial charge in [0.15, 0.2) is 0 Å². The highest BCUT2D eigenvalue weighted by molar-refractivity contribution is 6.42. The normalized spacial score (nSPS) is 21.0. The molecule has 1 atom stereocenters. The summed E-state index contributed by atoms with van der Waals surface area (Å²) in [5, 5.41) is 1.24. The monoisotopic (exact) mass is 294 g/mol. The lowest BCUT2D eigenvalue weighted by atomic mass is 10.1. The Balaban J connectivity index is 0.00000144. The number of halogens is 3. The summed E-state index contributed by atoms with van der Waals surface area (Å²) in [6, 6.07) is 6.12. The van der Waals surface area contributed by atoms with Gasteiger partial charge in [0.05, 0.1) is 10.0 Å². The third-order valence-electron chi connectivity index (χ3n) is 2.93. The number of hydrogen-bond acceptors (Lipinski definition) is 2. The van der Waals surface area contributed by atoms with E-state index in [4.69, 9.17) is 28.9 Å². The van der Waals surface area contributed by atoms with Crippen LogP contribution in [-0.4, -0.2) is 24.0 Å². The predicted octanol–water partition coefficient (Wildman–Crippen LogP) is 3.34. The van der Waals surface area contributed by atoms with E-state index < -0.39 is 0 Å². The highest BCUT2D eigenvalue weighted by Crippen LogP contribution is 2.23. The van der Waals surface area contributed by atoms with Gasteiger partial charge in [0.1, 0.15) is 0 Å². The molecule has 1 saturated heterocycles. The first-order valence-corrected chi connectivity index (χ1v) is 6.32. The van der Waals surface area contributed by atoms with Crippen LogP contribution < -0.4 is 5.73 Å². The van der Waals surface area contributed by atoms with Crippen molar-refractivity contribution in [3.05, 3.63) is 33.8 Å². The third kappa shape index (κ3) is 4.31. The van der Waals surface area contributed by atoms with E-state index in [1.807, 2.05) is 18.2 Å². The molecule has 1 aromatic rings. The van der Waals surface area contributed by atoms with Crippen LogP contribution in [0.4, 0.5) is 0 Å². The van der Waals surface area contributed by atoms with Crippen LogP contribution in [0.25, 0.3) is 0 Å². The molecule has 0 amide bonds. The van der Waals surface area contributed by atoms with Crippen molar-refractivity contribution in [2.75, 3.05) is 13.1 Å². The lowest BCUT2D eigenvalue weighted by molar-refractivity contribution is 0.201. The molecule has 0 aliphatic carbocycles. The number of hydrogen-bond donors (Lipinski definition) is 1. The number of benzene rings is 1. The predicted molar refractivity (Wildman–Crippen MR) is 76.2 cm³/mol. The van der Waals surface area contributed by atoms with Crippen molar-refractivity contribution in [3.8, 4) is 0 Å². The zero-order chi connectivity index (χ0) is 11.5. The first kappa shape index (κ1) is 15.1. The van der Waals surface area contributed by atoms with Crippen molar-refractivity contribution in [3.63, 3.8) is 0 Å². The largest absolute Gasteiger partial charge is 0.327 e. The Morgan fingerprint density at radius 2 is 2.06 bits per heavy atom. The molecule has 0 spiro atoms. The Bertz CT molecular complexity index is 371. The fourth-order valence-corrected chi connectivity index (χ4v) is 2.45. The van der Waals surface area contributed by atoms with Gasteiger partial charge in [-0.2, -0.15) is 0 Å². The second-order valence-corrected chi connectivity index (χ2v) is 5.20. The number of piperidine rings is 1. The number of nitrogens with zero attached hydrogens (tertiary/aromatic N) is 1. The maximum absolute atomic E-state index is 5.99. The maximum Gasteiger partial charge on any atom is 0.0595 e.